The molecule has 5 heteroatoms. The average molecular weight is 290 g/mol. The quantitative estimate of drug-likeness (QED) is 0.778. The predicted molar refractivity (Wildman–Crippen MR) is 60.7 cm³/mol. The average Bonchev–Trinajstić information content (AvgIpc) is 2.91. The van der Waals surface area contributed by atoms with Crippen molar-refractivity contribution in [3.63, 3.8) is 0 Å². The van der Waals surface area contributed by atoms with Gasteiger partial charge in [0, 0.05) is 10.5 Å². The van der Waals surface area contributed by atoms with Gasteiger partial charge in [0.2, 0.25) is 5.28 Å². The highest BCUT2D eigenvalue weighted by Crippen LogP contribution is 2.41. The van der Waals surface area contributed by atoms with E-state index in [0.29, 0.717) is 15.8 Å². The van der Waals surface area contributed by atoms with Crippen LogP contribution in [0, 0.1) is 5.82 Å². The van der Waals surface area contributed by atoms with Crippen molar-refractivity contribution in [3.05, 3.63) is 27.7 Å². The first kappa shape index (κ1) is 9.60. The summed E-state index contributed by atoms with van der Waals surface area (Å²) in [7, 11) is 0. The van der Waals surface area contributed by atoms with Crippen LogP contribution in [0.25, 0.3) is 11.0 Å². The molecule has 1 aromatic carbocycles. The van der Waals surface area contributed by atoms with Gasteiger partial charge in [0.15, 0.2) is 0 Å². The summed E-state index contributed by atoms with van der Waals surface area (Å²) >= 11 is 9.33. The minimum absolute atomic E-state index is 0.271. The largest absolute Gasteiger partial charge is 0.311 e. The molecular weight excluding hydrogens is 282 g/mol. The van der Waals surface area contributed by atoms with Crippen molar-refractivity contribution in [2.75, 3.05) is 0 Å². The maximum atomic E-state index is 13.3. The molecule has 0 N–H and O–H groups in total. The number of imidazole rings is 1. The molecule has 1 heterocycles. The molecule has 1 aliphatic carbocycles. The van der Waals surface area contributed by atoms with Crippen molar-refractivity contribution in [1.82, 2.24) is 9.55 Å². The van der Waals surface area contributed by atoms with Gasteiger partial charge < -0.3 is 4.57 Å². The third-order valence-electron chi connectivity index (χ3n) is 2.58. The lowest BCUT2D eigenvalue weighted by Crippen LogP contribution is -1.93. The zero-order chi connectivity index (χ0) is 10.6. The van der Waals surface area contributed by atoms with Crippen molar-refractivity contribution in [1.29, 1.82) is 0 Å². The number of hydrogen-bond acceptors (Lipinski definition) is 1. The number of benzene rings is 1. The van der Waals surface area contributed by atoms with Crippen molar-refractivity contribution in [3.8, 4) is 0 Å². The van der Waals surface area contributed by atoms with Crippen LogP contribution < -0.4 is 0 Å². The Morgan fingerprint density at radius 3 is 2.87 bits per heavy atom. The molecule has 0 atom stereocenters. The fourth-order valence-corrected chi connectivity index (χ4v) is 2.60. The van der Waals surface area contributed by atoms with Gasteiger partial charge in [-0.2, -0.15) is 0 Å². The van der Waals surface area contributed by atoms with E-state index in [-0.39, 0.29) is 5.82 Å². The fraction of sp³-hybridized carbons (Fsp3) is 0.300. The minimum Gasteiger partial charge on any atom is -0.311 e. The standard InChI is InChI=1S/C10H7BrClFN2/c11-7-3-5(13)4-8-9(7)14-10(12)15(8)6-1-2-6/h3-4,6H,1-2H2. The fourth-order valence-electron chi connectivity index (χ4n) is 1.77. The van der Waals surface area contributed by atoms with E-state index in [9.17, 15) is 4.39 Å². The zero-order valence-corrected chi connectivity index (χ0v) is 10.0. The first-order chi connectivity index (χ1) is 7.16. The molecule has 1 fully saturated rings. The van der Waals surface area contributed by atoms with Gasteiger partial charge in [-0.1, -0.05) is 0 Å². The van der Waals surface area contributed by atoms with E-state index in [1.54, 1.807) is 0 Å². The van der Waals surface area contributed by atoms with E-state index >= 15 is 0 Å². The normalized spacial score (nSPS) is 16.2. The van der Waals surface area contributed by atoms with Gasteiger partial charge in [0.25, 0.3) is 0 Å². The van der Waals surface area contributed by atoms with Crippen LogP contribution in [0.4, 0.5) is 4.39 Å². The summed E-state index contributed by atoms with van der Waals surface area (Å²) in [6.07, 6.45) is 2.19. The summed E-state index contributed by atoms with van der Waals surface area (Å²) in [4.78, 5) is 4.23. The third-order valence-corrected chi connectivity index (χ3v) is 3.45. The Bertz CT molecular complexity index is 548. The Labute approximate surface area is 99.2 Å². The number of halogens is 3. The minimum atomic E-state index is -0.271. The summed E-state index contributed by atoms with van der Waals surface area (Å²) in [6, 6.07) is 3.29. The molecular formula is C10H7BrClFN2. The molecule has 1 aliphatic rings. The second-order valence-corrected chi connectivity index (χ2v) is 4.93. The van der Waals surface area contributed by atoms with Crippen molar-refractivity contribution >= 4 is 38.6 Å². The highest BCUT2D eigenvalue weighted by Gasteiger charge is 2.28. The number of rotatable bonds is 1. The van der Waals surface area contributed by atoms with Crippen LogP contribution in [0.5, 0.6) is 0 Å². The molecule has 0 radical (unpaired) electrons. The van der Waals surface area contributed by atoms with Crippen LogP contribution >= 0.6 is 27.5 Å². The number of nitrogens with zero attached hydrogens (tertiary/aromatic N) is 2. The summed E-state index contributed by atoms with van der Waals surface area (Å²) in [5, 5.41) is 0.443. The van der Waals surface area contributed by atoms with E-state index in [0.717, 1.165) is 23.9 Å². The molecule has 2 nitrogen and oxygen atoms in total. The molecule has 3 rings (SSSR count). The first-order valence-corrected chi connectivity index (χ1v) is 5.86. The van der Waals surface area contributed by atoms with Crippen LogP contribution in [-0.4, -0.2) is 9.55 Å². The molecule has 78 valence electrons. The van der Waals surface area contributed by atoms with E-state index in [1.807, 2.05) is 4.57 Å². The molecule has 0 spiro atoms. The van der Waals surface area contributed by atoms with Gasteiger partial charge in [0.05, 0.1) is 5.52 Å². The molecule has 0 bridgehead atoms. The topological polar surface area (TPSA) is 17.8 Å². The molecule has 1 saturated carbocycles. The Kier molecular flexibility index (Phi) is 2.04. The van der Waals surface area contributed by atoms with Crippen molar-refractivity contribution in [2.24, 2.45) is 0 Å². The van der Waals surface area contributed by atoms with E-state index in [4.69, 9.17) is 11.6 Å². The Hall–Kier alpha value is -0.610. The van der Waals surface area contributed by atoms with Crippen LogP contribution in [0.15, 0.2) is 16.6 Å². The lowest BCUT2D eigenvalue weighted by atomic mass is 10.3. The van der Waals surface area contributed by atoms with Crippen LogP contribution in [0.2, 0.25) is 5.28 Å². The molecule has 0 unspecified atom stereocenters. The summed E-state index contributed by atoms with van der Waals surface area (Å²) < 4.78 is 15.8. The summed E-state index contributed by atoms with van der Waals surface area (Å²) in [6.45, 7) is 0. The van der Waals surface area contributed by atoms with E-state index < -0.39 is 0 Å². The number of aromatic nitrogens is 2. The van der Waals surface area contributed by atoms with E-state index in [1.165, 1.54) is 12.1 Å². The Morgan fingerprint density at radius 1 is 1.47 bits per heavy atom. The van der Waals surface area contributed by atoms with Gasteiger partial charge in [-0.3, -0.25) is 0 Å². The predicted octanol–water partition coefficient (Wildman–Crippen LogP) is 3.93. The van der Waals surface area contributed by atoms with Crippen LogP contribution in [0.1, 0.15) is 18.9 Å². The highest BCUT2D eigenvalue weighted by atomic mass is 79.9. The molecule has 2 aromatic rings. The van der Waals surface area contributed by atoms with Crippen LogP contribution in [0.3, 0.4) is 0 Å². The Balaban J connectivity index is 2.38. The Morgan fingerprint density at radius 2 is 2.20 bits per heavy atom. The van der Waals surface area contributed by atoms with Crippen LogP contribution in [-0.2, 0) is 0 Å². The number of hydrogen-bond donors (Lipinski definition) is 0. The molecule has 0 amide bonds. The number of fused-ring (bicyclic) bond motifs is 1. The molecule has 15 heavy (non-hydrogen) atoms. The zero-order valence-electron chi connectivity index (χ0n) is 7.67. The smallest absolute Gasteiger partial charge is 0.204 e. The first-order valence-electron chi connectivity index (χ1n) is 4.69. The second-order valence-electron chi connectivity index (χ2n) is 3.74. The maximum absolute atomic E-state index is 13.3. The van der Waals surface area contributed by atoms with Gasteiger partial charge in [0.1, 0.15) is 11.3 Å². The maximum Gasteiger partial charge on any atom is 0.204 e. The van der Waals surface area contributed by atoms with E-state index in [2.05, 4.69) is 20.9 Å². The summed E-state index contributed by atoms with van der Waals surface area (Å²) in [5.74, 6) is -0.271. The van der Waals surface area contributed by atoms with Gasteiger partial charge >= 0.3 is 0 Å². The molecule has 0 aliphatic heterocycles. The molecule has 0 saturated heterocycles. The summed E-state index contributed by atoms with van der Waals surface area (Å²) in [5.41, 5.74) is 1.50. The SMILES string of the molecule is Fc1cc(Br)c2nc(Cl)n(C3CC3)c2c1. The van der Waals surface area contributed by atoms with Crippen molar-refractivity contribution in [2.45, 2.75) is 18.9 Å². The van der Waals surface area contributed by atoms with Crippen molar-refractivity contribution < 1.29 is 4.39 Å². The third kappa shape index (κ3) is 1.47. The monoisotopic (exact) mass is 288 g/mol. The van der Waals surface area contributed by atoms with Gasteiger partial charge in [-0.15, -0.1) is 0 Å². The molecule has 1 aromatic heterocycles. The highest BCUT2D eigenvalue weighted by molar-refractivity contribution is 9.10. The lowest BCUT2D eigenvalue weighted by molar-refractivity contribution is 0.627. The van der Waals surface area contributed by atoms with Gasteiger partial charge in [-0.05, 0) is 52.5 Å². The lowest BCUT2D eigenvalue weighted by Gasteiger charge is -2.02. The second kappa shape index (κ2) is 3.19. The van der Waals surface area contributed by atoms with Gasteiger partial charge in [-0.25, -0.2) is 9.37 Å².